The number of hydrogen-bond acceptors (Lipinski definition) is 6. The fourth-order valence-corrected chi connectivity index (χ4v) is 5.04. The van der Waals surface area contributed by atoms with Gasteiger partial charge in [-0.05, 0) is 101 Å². The zero-order chi connectivity index (χ0) is 28.6. The van der Waals surface area contributed by atoms with Crippen LogP contribution in [0.3, 0.4) is 0 Å². The number of ketones is 1. The molecule has 0 aliphatic heterocycles. The highest BCUT2D eigenvalue weighted by atomic mass is 19.1. The number of hydrogen-bond donors (Lipinski definition) is 2. The number of carbonyl (C=O) groups is 2. The van der Waals surface area contributed by atoms with E-state index in [4.69, 9.17) is 9.73 Å². The molecule has 1 aromatic heterocycles. The number of alkyl carbamates (subject to hydrolysis) is 1. The first-order chi connectivity index (χ1) is 19.0. The molecule has 2 saturated carbocycles. The number of nitrogens with zero attached hydrogens (tertiary/aromatic N) is 2. The Morgan fingerprint density at radius 1 is 1.02 bits per heavy atom. The number of aromatic nitrogens is 1. The smallest absolute Gasteiger partial charge is 0.407 e. The molecule has 1 amide bonds. The lowest BCUT2D eigenvalue weighted by Crippen LogP contribution is -2.41. The summed E-state index contributed by atoms with van der Waals surface area (Å²) in [6, 6.07) is 7.31. The van der Waals surface area contributed by atoms with Gasteiger partial charge in [0, 0.05) is 29.8 Å². The predicted octanol–water partition coefficient (Wildman–Crippen LogP) is 7.26. The topological polar surface area (TPSA) is 101 Å². The quantitative estimate of drug-likeness (QED) is 0.249. The van der Waals surface area contributed by atoms with Gasteiger partial charge in [0.1, 0.15) is 5.60 Å². The summed E-state index contributed by atoms with van der Waals surface area (Å²) < 4.78 is 33.5. The highest BCUT2D eigenvalue weighted by molar-refractivity contribution is 6.09. The molecule has 2 aromatic carbocycles. The van der Waals surface area contributed by atoms with Crippen LogP contribution in [-0.4, -0.2) is 39.8 Å². The number of aromatic hydroxyl groups is 1. The summed E-state index contributed by atoms with van der Waals surface area (Å²) in [5.74, 6) is -3.01. The monoisotopic (exact) mass is 549 g/mol. The number of benzene rings is 2. The van der Waals surface area contributed by atoms with Gasteiger partial charge in [-0.2, -0.15) is 0 Å². The van der Waals surface area contributed by atoms with Gasteiger partial charge in [-0.15, -0.1) is 0 Å². The molecule has 3 aromatic rings. The van der Waals surface area contributed by atoms with Gasteiger partial charge < -0.3 is 15.2 Å². The minimum absolute atomic E-state index is 0.000978. The van der Waals surface area contributed by atoms with Crippen LogP contribution < -0.4 is 5.32 Å². The van der Waals surface area contributed by atoms with Gasteiger partial charge in [-0.1, -0.05) is 6.07 Å². The molecule has 0 atom stereocenters. The second-order valence-electron chi connectivity index (χ2n) is 11.7. The number of pyridine rings is 1. The third-order valence-corrected chi connectivity index (χ3v) is 7.31. The SMILES string of the molecule is CC(C)(C)OC(=O)NC1CCC(C=Nc2c(C(=O)C3CC3)cnc3ccc(-c4cc(F)c(O)c(F)c4)cc23)CC1. The van der Waals surface area contributed by atoms with Gasteiger partial charge in [-0.3, -0.25) is 14.8 Å². The van der Waals surface area contributed by atoms with Crippen LogP contribution in [0.15, 0.2) is 41.5 Å². The summed E-state index contributed by atoms with van der Waals surface area (Å²) in [5.41, 5.74) is 1.74. The molecule has 0 unspecified atom stereocenters. The number of carbonyl (C=O) groups excluding carboxylic acids is 2. The minimum atomic E-state index is -1.05. The number of phenolic OH excluding ortho intramolecular Hbond substituents is 1. The molecular formula is C31H33F2N3O4. The minimum Gasteiger partial charge on any atom is -0.503 e. The highest BCUT2D eigenvalue weighted by Gasteiger charge is 2.33. The Morgan fingerprint density at radius 2 is 1.70 bits per heavy atom. The van der Waals surface area contributed by atoms with Crippen molar-refractivity contribution in [3.63, 3.8) is 0 Å². The molecule has 2 aliphatic carbocycles. The Balaban J connectivity index is 1.41. The number of aliphatic imine (C=N–C) groups is 1. The number of nitrogens with one attached hydrogen (secondary N) is 1. The molecule has 0 saturated heterocycles. The average molecular weight is 550 g/mol. The van der Waals surface area contributed by atoms with E-state index in [0.29, 0.717) is 27.7 Å². The van der Waals surface area contributed by atoms with Crippen LogP contribution >= 0.6 is 0 Å². The second kappa shape index (κ2) is 10.9. The number of phenols is 1. The van der Waals surface area contributed by atoms with Crippen molar-refractivity contribution in [3.05, 3.63) is 53.7 Å². The van der Waals surface area contributed by atoms with E-state index in [2.05, 4.69) is 10.3 Å². The zero-order valence-corrected chi connectivity index (χ0v) is 22.8. The van der Waals surface area contributed by atoms with Crippen molar-refractivity contribution in [3.8, 4) is 16.9 Å². The highest BCUT2D eigenvalue weighted by Crippen LogP contribution is 2.39. The van der Waals surface area contributed by atoms with E-state index in [1.54, 1.807) is 24.4 Å². The van der Waals surface area contributed by atoms with Crippen molar-refractivity contribution in [2.24, 2.45) is 16.8 Å². The Morgan fingerprint density at radius 3 is 2.33 bits per heavy atom. The summed E-state index contributed by atoms with van der Waals surface area (Å²) in [4.78, 5) is 34.6. The van der Waals surface area contributed by atoms with Crippen molar-refractivity contribution in [1.82, 2.24) is 10.3 Å². The van der Waals surface area contributed by atoms with Gasteiger partial charge in [0.25, 0.3) is 0 Å². The van der Waals surface area contributed by atoms with Crippen LogP contribution in [0, 0.1) is 23.5 Å². The first-order valence-electron chi connectivity index (χ1n) is 13.7. The maximum absolute atomic E-state index is 14.1. The predicted molar refractivity (Wildman–Crippen MR) is 149 cm³/mol. The Bertz CT molecular complexity index is 1460. The van der Waals surface area contributed by atoms with Crippen LogP contribution in [0.1, 0.15) is 69.7 Å². The molecule has 2 N–H and O–H groups in total. The largest absolute Gasteiger partial charge is 0.503 e. The van der Waals surface area contributed by atoms with E-state index in [0.717, 1.165) is 50.7 Å². The number of amides is 1. The van der Waals surface area contributed by atoms with E-state index >= 15 is 0 Å². The van der Waals surface area contributed by atoms with Crippen LogP contribution in [0.2, 0.25) is 0 Å². The fourth-order valence-electron chi connectivity index (χ4n) is 5.04. The Kier molecular flexibility index (Phi) is 7.57. The number of Topliss-reactive ketones (excluding diaryl/α,β-unsaturated/α-hetero) is 1. The van der Waals surface area contributed by atoms with Crippen molar-refractivity contribution < 1.29 is 28.2 Å². The summed E-state index contributed by atoms with van der Waals surface area (Å²) >= 11 is 0. The molecule has 2 fully saturated rings. The first-order valence-corrected chi connectivity index (χ1v) is 13.7. The molecule has 9 heteroatoms. The Hall–Kier alpha value is -3.88. The van der Waals surface area contributed by atoms with Crippen molar-refractivity contribution in [2.45, 2.75) is 70.9 Å². The summed E-state index contributed by atoms with van der Waals surface area (Å²) in [7, 11) is 0. The lowest BCUT2D eigenvalue weighted by molar-refractivity contribution is 0.0490. The molecule has 5 rings (SSSR count). The summed E-state index contributed by atoms with van der Waals surface area (Å²) in [6.07, 6.45) is 7.88. The van der Waals surface area contributed by atoms with E-state index in [1.165, 1.54) is 0 Å². The molecule has 1 heterocycles. The van der Waals surface area contributed by atoms with Crippen LogP contribution in [-0.2, 0) is 4.74 Å². The van der Waals surface area contributed by atoms with Gasteiger partial charge in [-0.25, -0.2) is 13.6 Å². The van der Waals surface area contributed by atoms with Crippen LogP contribution in [0.5, 0.6) is 5.75 Å². The normalized spacial score (nSPS) is 19.6. The van der Waals surface area contributed by atoms with E-state index in [-0.39, 0.29) is 29.2 Å². The third-order valence-electron chi connectivity index (χ3n) is 7.31. The zero-order valence-electron chi connectivity index (χ0n) is 22.8. The number of ether oxygens (including phenoxy) is 1. The maximum atomic E-state index is 14.1. The van der Waals surface area contributed by atoms with Gasteiger partial charge in [0.05, 0.1) is 16.8 Å². The Labute approximate surface area is 231 Å². The molecule has 7 nitrogen and oxygen atoms in total. The second-order valence-corrected chi connectivity index (χ2v) is 11.7. The number of halogens is 2. The lowest BCUT2D eigenvalue weighted by Gasteiger charge is -2.28. The van der Waals surface area contributed by atoms with Gasteiger partial charge in [0.2, 0.25) is 0 Å². The average Bonchev–Trinajstić information content (AvgIpc) is 3.75. The van der Waals surface area contributed by atoms with Gasteiger partial charge >= 0.3 is 6.09 Å². The third kappa shape index (κ3) is 6.29. The lowest BCUT2D eigenvalue weighted by atomic mass is 9.87. The first kappa shape index (κ1) is 27.7. The fraction of sp³-hybridized carbons (Fsp3) is 0.419. The van der Waals surface area contributed by atoms with E-state index in [9.17, 15) is 23.5 Å². The number of rotatable bonds is 6. The molecule has 0 bridgehead atoms. The van der Waals surface area contributed by atoms with E-state index < -0.39 is 29.1 Å². The van der Waals surface area contributed by atoms with Crippen molar-refractivity contribution in [2.75, 3.05) is 0 Å². The molecule has 210 valence electrons. The van der Waals surface area contributed by atoms with Crippen LogP contribution in [0.4, 0.5) is 19.3 Å². The van der Waals surface area contributed by atoms with Crippen molar-refractivity contribution in [1.29, 1.82) is 0 Å². The molecule has 40 heavy (non-hydrogen) atoms. The summed E-state index contributed by atoms with van der Waals surface area (Å²) in [5, 5.41) is 13.1. The maximum Gasteiger partial charge on any atom is 0.407 e. The molecular weight excluding hydrogens is 516 g/mol. The number of fused-ring (bicyclic) bond motifs is 1. The molecule has 2 aliphatic rings. The molecule has 0 radical (unpaired) electrons. The standard InChI is InChI=1S/C31H33F2N3O4/c1-31(2,3)40-30(39)36-21-9-4-17(5-10-21)15-35-27-22-12-19(20-13-24(32)29(38)25(33)14-20)8-11-26(22)34-16-23(27)28(37)18-6-7-18/h8,11-18,21,38H,4-7,9-10H2,1-3H3,(H,36,39). The van der Waals surface area contributed by atoms with Crippen molar-refractivity contribution >= 4 is 34.7 Å². The van der Waals surface area contributed by atoms with Crippen LogP contribution in [0.25, 0.3) is 22.0 Å². The van der Waals surface area contributed by atoms with E-state index in [1.807, 2.05) is 27.0 Å². The van der Waals surface area contributed by atoms with Gasteiger partial charge in [0.15, 0.2) is 23.2 Å². The summed E-state index contributed by atoms with van der Waals surface area (Å²) in [6.45, 7) is 5.49. The molecule has 0 spiro atoms.